The van der Waals surface area contributed by atoms with Crippen LogP contribution in [0, 0.1) is 0 Å². The molecule has 1 aliphatic rings. The van der Waals surface area contributed by atoms with Gasteiger partial charge in [-0.3, -0.25) is 0 Å². The Morgan fingerprint density at radius 1 is 1.29 bits per heavy atom. The van der Waals surface area contributed by atoms with E-state index in [1.54, 1.807) is 30.3 Å². The van der Waals surface area contributed by atoms with Crippen molar-refractivity contribution in [3.63, 3.8) is 0 Å². The SMILES string of the molecule is CO[C@H]1O[C@H](CBr)[C@H](OC(=O)c2ccccc2)[C@H](O)[C@H]1O. The third-order valence-electron chi connectivity index (χ3n) is 3.28. The third kappa shape index (κ3) is 3.61. The first kappa shape index (κ1) is 16.4. The average Bonchev–Trinajstić information content (AvgIpc) is 2.53. The molecular weight excluding hydrogens is 344 g/mol. The van der Waals surface area contributed by atoms with Crippen molar-refractivity contribution in [1.29, 1.82) is 0 Å². The molecule has 2 N–H and O–H groups in total. The molecule has 1 fully saturated rings. The first-order valence-electron chi connectivity index (χ1n) is 6.45. The molecule has 0 amide bonds. The molecule has 1 heterocycles. The summed E-state index contributed by atoms with van der Waals surface area (Å²) in [6.45, 7) is 0. The van der Waals surface area contributed by atoms with Gasteiger partial charge in [0.25, 0.3) is 0 Å². The second kappa shape index (κ2) is 7.33. The summed E-state index contributed by atoms with van der Waals surface area (Å²) in [6.07, 6.45) is -5.16. The maximum atomic E-state index is 12.1. The monoisotopic (exact) mass is 360 g/mol. The maximum absolute atomic E-state index is 12.1. The lowest BCUT2D eigenvalue weighted by molar-refractivity contribution is -0.284. The van der Waals surface area contributed by atoms with Crippen molar-refractivity contribution < 1.29 is 29.2 Å². The highest BCUT2D eigenvalue weighted by atomic mass is 79.9. The molecule has 6 nitrogen and oxygen atoms in total. The number of halogens is 1. The first-order valence-corrected chi connectivity index (χ1v) is 7.57. The van der Waals surface area contributed by atoms with Gasteiger partial charge in [0.2, 0.25) is 0 Å². The summed E-state index contributed by atoms with van der Waals surface area (Å²) in [4.78, 5) is 12.1. The number of aliphatic hydroxyl groups excluding tert-OH is 2. The number of esters is 1. The predicted octanol–water partition coefficient (Wildman–Crippen LogP) is 0.700. The predicted molar refractivity (Wildman–Crippen MR) is 77.1 cm³/mol. The highest BCUT2D eigenvalue weighted by Gasteiger charge is 2.46. The highest BCUT2D eigenvalue weighted by Crippen LogP contribution is 2.26. The van der Waals surface area contributed by atoms with Gasteiger partial charge >= 0.3 is 5.97 Å². The molecule has 1 aliphatic heterocycles. The Morgan fingerprint density at radius 2 is 1.95 bits per heavy atom. The number of hydrogen-bond donors (Lipinski definition) is 2. The van der Waals surface area contributed by atoms with Gasteiger partial charge in [-0.2, -0.15) is 0 Å². The Kier molecular flexibility index (Phi) is 5.72. The lowest BCUT2D eigenvalue weighted by atomic mass is 9.99. The summed E-state index contributed by atoms with van der Waals surface area (Å²) in [6, 6.07) is 8.42. The molecule has 21 heavy (non-hydrogen) atoms. The van der Waals surface area contributed by atoms with Gasteiger partial charge in [0.1, 0.15) is 18.3 Å². The molecule has 0 radical (unpaired) electrons. The zero-order valence-electron chi connectivity index (χ0n) is 11.4. The molecule has 1 aromatic rings. The van der Waals surface area contributed by atoms with E-state index in [4.69, 9.17) is 14.2 Å². The van der Waals surface area contributed by atoms with Crippen LogP contribution in [0.2, 0.25) is 0 Å². The molecule has 0 saturated carbocycles. The van der Waals surface area contributed by atoms with Crippen LogP contribution in [0.25, 0.3) is 0 Å². The van der Waals surface area contributed by atoms with Crippen LogP contribution >= 0.6 is 15.9 Å². The van der Waals surface area contributed by atoms with Crippen LogP contribution in [0.1, 0.15) is 10.4 Å². The van der Waals surface area contributed by atoms with Crippen LogP contribution < -0.4 is 0 Å². The van der Waals surface area contributed by atoms with E-state index in [1.165, 1.54) is 7.11 Å². The summed E-state index contributed by atoms with van der Waals surface area (Å²) in [5, 5.41) is 20.3. The van der Waals surface area contributed by atoms with E-state index in [0.717, 1.165) is 0 Å². The molecule has 0 aromatic heterocycles. The summed E-state index contributed by atoms with van der Waals surface area (Å²) in [5.74, 6) is -0.586. The molecular formula is C14H17BrO6. The number of ether oxygens (including phenoxy) is 3. The van der Waals surface area contributed by atoms with E-state index in [-0.39, 0.29) is 0 Å². The topological polar surface area (TPSA) is 85.2 Å². The van der Waals surface area contributed by atoms with Crippen LogP contribution in [0.3, 0.4) is 0 Å². The van der Waals surface area contributed by atoms with Crippen molar-refractivity contribution in [3.05, 3.63) is 35.9 Å². The summed E-state index contributed by atoms with van der Waals surface area (Å²) in [7, 11) is 1.36. The molecule has 116 valence electrons. The smallest absolute Gasteiger partial charge is 0.338 e. The number of hydrogen-bond acceptors (Lipinski definition) is 6. The van der Waals surface area contributed by atoms with Gasteiger partial charge in [0.05, 0.1) is 5.56 Å². The number of carbonyl (C=O) groups is 1. The normalized spacial score (nSPS) is 32.7. The summed E-state index contributed by atoms with van der Waals surface area (Å²) in [5.41, 5.74) is 0.362. The number of alkyl halides is 1. The highest BCUT2D eigenvalue weighted by molar-refractivity contribution is 9.09. The summed E-state index contributed by atoms with van der Waals surface area (Å²) >= 11 is 3.24. The second-order valence-corrected chi connectivity index (χ2v) is 5.30. The van der Waals surface area contributed by atoms with Gasteiger partial charge in [-0.25, -0.2) is 4.79 Å². The Hall–Kier alpha value is -0.990. The first-order chi connectivity index (χ1) is 10.1. The average molecular weight is 361 g/mol. The van der Waals surface area contributed by atoms with Crippen LogP contribution in [0.15, 0.2) is 30.3 Å². The molecule has 1 aromatic carbocycles. The van der Waals surface area contributed by atoms with E-state index < -0.39 is 36.7 Å². The Labute approximate surface area is 130 Å². The van der Waals surface area contributed by atoms with E-state index >= 15 is 0 Å². The second-order valence-electron chi connectivity index (χ2n) is 4.65. The van der Waals surface area contributed by atoms with Crippen molar-refractivity contribution in [2.45, 2.75) is 30.7 Å². The fourth-order valence-corrected chi connectivity index (χ4v) is 2.66. The molecule has 1 saturated heterocycles. The number of benzene rings is 1. The van der Waals surface area contributed by atoms with E-state index in [0.29, 0.717) is 10.9 Å². The van der Waals surface area contributed by atoms with Gasteiger partial charge in [-0.15, -0.1) is 0 Å². The number of aliphatic hydroxyl groups is 2. The number of rotatable bonds is 4. The quantitative estimate of drug-likeness (QED) is 0.607. The van der Waals surface area contributed by atoms with E-state index in [9.17, 15) is 15.0 Å². The minimum atomic E-state index is -1.29. The Balaban J connectivity index is 2.11. The minimum absolute atomic E-state index is 0.323. The summed E-state index contributed by atoms with van der Waals surface area (Å²) < 4.78 is 15.7. The lowest BCUT2D eigenvalue weighted by Crippen LogP contribution is -2.59. The van der Waals surface area contributed by atoms with Crippen molar-refractivity contribution in [2.24, 2.45) is 0 Å². The zero-order chi connectivity index (χ0) is 15.4. The largest absolute Gasteiger partial charge is 0.453 e. The van der Waals surface area contributed by atoms with Gasteiger partial charge in [0.15, 0.2) is 12.4 Å². The minimum Gasteiger partial charge on any atom is -0.453 e. The van der Waals surface area contributed by atoms with Crippen molar-refractivity contribution >= 4 is 21.9 Å². The number of methoxy groups -OCH3 is 1. The number of carbonyl (C=O) groups excluding carboxylic acids is 1. The third-order valence-corrected chi connectivity index (χ3v) is 3.92. The van der Waals surface area contributed by atoms with Crippen molar-refractivity contribution in [1.82, 2.24) is 0 Å². The lowest BCUT2D eigenvalue weighted by Gasteiger charge is -2.40. The van der Waals surface area contributed by atoms with Crippen LogP contribution in [0.4, 0.5) is 0 Å². The molecule has 7 heteroatoms. The van der Waals surface area contributed by atoms with E-state index in [2.05, 4.69) is 15.9 Å². The molecule has 2 rings (SSSR count). The zero-order valence-corrected chi connectivity index (χ0v) is 13.0. The molecule has 5 atom stereocenters. The van der Waals surface area contributed by atoms with Crippen LogP contribution in [-0.4, -0.2) is 59.3 Å². The van der Waals surface area contributed by atoms with Crippen molar-refractivity contribution in [2.75, 3.05) is 12.4 Å². The van der Waals surface area contributed by atoms with Crippen LogP contribution in [0.5, 0.6) is 0 Å². The maximum Gasteiger partial charge on any atom is 0.338 e. The fraction of sp³-hybridized carbons (Fsp3) is 0.500. The molecule has 0 aliphatic carbocycles. The van der Waals surface area contributed by atoms with E-state index in [1.807, 2.05) is 0 Å². The fourth-order valence-electron chi connectivity index (χ4n) is 2.14. The van der Waals surface area contributed by atoms with Gasteiger partial charge in [0, 0.05) is 12.4 Å². The molecule has 0 bridgehead atoms. The van der Waals surface area contributed by atoms with Gasteiger partial charge < -0.3 is 24.4 Å². The van der Waals surface area contributed by atoms with Gasteiger partial charge in [-0.1, -0.05) is 34.1 Å². The molecule has 0 unspecified atom stereocenters. The van der Waals surface area contributed by atoms with Crippen molar-refractivity contribution in [3.8, 4) is 0 Å². The van der Waals surface area contributed by atoms with Crippen LogP contribution in [-0.2, 0) is 14.2 Å². The standard InChI is InChI=1S/C14H17BrO6/c1-19-14-11(17)10(16)12(9(7-15)20-14)21-13(18)8-5-3-2-4-6-8/h2-6,9-12,14,16-17H,7H2,1H3/t9-,10-,11-,12+,14+/m1/s1. The Morgan fingerprint density at radius 3 is 2.52 bits per heavy atom. The van der Waals surface area contributed by atoms with Gasteiger partial charge in [-0.05, 0) is 12.1 Å². The Bertz CT molecular complexity index is 466. The molecule has 0 spiro atoms.